The molecule has 384 valence electrons. The summed E-state index contributed by atoms with van der Waals surface area (Å²) < 4.78 is 284. The molecule has 0 amide bonds. The summed E-state index contributed by atoms with van der Waals surface area (Å²) in [6.45, 7) is 0.0697. The van der Waals surface area contributed by atoms with Crippen LogP contribution < -0.4 is 17.8 Å². The molecule has 0 aliphatic carbocycles. The highest BCUT2D eigenvalue weighted by Gasteiger charge is 2.37. The molecular formula is C44H22Br2F16O8S2. The lowest BCUT2D eigenvalue weighted by atomic mass is 9.86. The Kier molecular flexibility index (Phi) is 15.0. The molecule has 0 unspecified atom stereocenters. The lowest BCUT2D eigenvalue weighted by molar-refractivity contribution is -0.138. The first-order chi connectivity index (χ1) is 33.4. The van der Waals surface area contributed by atoms with Crippen molar-refractivity contribution in [2.45, 2.75) is 46.8 Å². The number of alkyl halides is 6. The average Bonchev–Trinajstić information content (AvgIpc) is 3.33. The van der Waals surface area contributed by atoms with Gasteiger partial charge in [0.2, 0.25) is 69.7 Å². The van der Waals surface area contributed by atoms with Crippen LogP contribution in [-0.2, 0) is 32.6 Å². The number of hydrogen-bond donors (Lipinski definition) is 0. The zero-order valence-electron chi connectivity index (χ0n) is 34.8. The van der Waals surface area contributed by atoms with Gasteiger partial charge in [0.15, 0.2) is 0 Å². The Morgan fingerprint density at radius 2 is 0.722 bits per heavy atom. The van der Waals surface area contributed by atoms with Crippen LogP contribution >= 0.6 is 31.9 Å². The Morgan fingerprint density at radius 3 is 1.01 bits per heavy atom. The number of hydrogen-bond acceptors (Lipinski definition) is 8. The summed E-state index contributed by atoms with van der Waals surface area (Å²) in [4.78, 5) is -1.45. The molecule has 8 nitrogen and oxygen atoms in total. The molecule has 2 heterocycles. The summed E-state index contributed by atoms with van der Waals surface area (Å²) in [5.41, 5.74) is -0.0651. The Bertz CT molecular complexity index is 3110. The van der Waals surface area contributed by atoms with Crippen molar-refractivity contribution < 1.29 is 105 Å². The minimum absolute atomic E-state index is 0.0277. The van der Waals surface area contributed by atoms with Crippen molar-refractivity contribution in [3.63, 3.8) is 0 Å². The van der Waals surface area contributed by atoms with Gasteiger partial charge in [-0.05, 0) is 60.4 Å². The molecule has 0 saturated heterocycles. The van der Waals surface area contributed by atoms with Crippen molar-refractivity contribution in [1.82, 2.24) is 0 Å². The van der Waals surface area contributed by atoms with E-state index in [1.165, 1.54) is 24.3 Å². The first-order valence-electron chi connectivity index (χ1n) is 19.6. The second-order valence-electron chi connectivity index (χ2n) is 15.1. The molecule has 0 bridgehead atoms. The zero-order valence-corrected chi connectivity index (χ0v) is 39.6. The highest BCUT2D eigenvalue weighted by Crippen LogP contribution is 2.46. The predicted molar refractivity (Wildman–Crippen MR) is 223 cm³/mol. The Balaban J connectivity index is 0.000000211. The van der Waals surface area contributed by atoms with E-state index < -0.39 is 135 Å². The summed E-state index contributed by atoms with van der Waals surface area (Å²) in [5.74, 6) is -29.5. The van der Waals surface area contributed by atoms with Crippen molar-refractivity contribution in [2.75, 3.05) is 13.2 Å². The van der Waals surface area contributed by atoms with E-state index in [0.717, 1.165) is 48.5 Å². The molecule has 2 atom stereocenters. The third-order valence-corrected chi connectivity index (χ3v) is 14.6. The van der Waals surface area contributed by atoms with E-state index >= 15 is 0 Å². The van der Waals surface area contributed by atoms with Crippen molar-refractivity contribution in [2.24, 2.45) is 0 Å². The molecule has 2 aliphatic heterocycles. The molecule has 0 spiro atoms. The molecule has 0 N–H and O–H groups in total. The van der Waals surface area contributed by atoms with Gasteiger partial charge in [-0.15, -0.1) is 0 Å². The average molecular weight is 1210 g/mol. The highest BCUT2D eigenvalue weighted by molar-refractivity contribution is 9.10. The lowest BCUT2D eigenvalue weighted by Crippen LogP contribution is -2.18. The van der Waals surface area contributed by atoms with Crippen molar-refractivity contribution in [1.29, 1.82) is 0 Å². The quantitative estimate of drug-likeness (QED) is 0.0642. The van der Waals surface area contributed by atoms with E-state index in [1.54, 1.807) is 0 Å². The first kappa shape index (κ1) is 54.0. The maximum absolute atomic E-state index is 13.9. The van der Waals surface area contributed by atoms with Crippen LogP contribution in [-0.4, -0.2) is 30.0 Å². The third kappa shape index (κ3) is 10.5. The fourth-order valence-corrected chi connectivity index (χ4v) is 10.5. The fraction of sp³-hybridized carbons (Fsp3) is 0.182. The Labute approximate surface area is 411 Å². The Hall–Kier alpha value is -5.74. The van der Waals surface area contributed by atoms with Crippen LogP contribution in [0, 0.1) is 58.2 Å². The summed E-state index contributed by atoms with van der Waals surface area (Å²) >= 11 is 6.25. The Morgan fingerprint density at radius 1 is 0.431 bits per heavy atom. The number of rotatable bonds is 8. The normalized spacial score (nSPS) is 15.9. The van der Waals surface area contributed by atoms with E-state index in [0.29, 0.717) is 35.1 Å². The summed E-state index contributed by atoms with van der Waals surface area (Å²) in [6, 6.07) is 12.4. The van der Waals surface area contributed by atoms with Crippen LogP contribution in [0.4, 0.5) is 70.2 Å². The van der Waals surface area contributed by atoms with Crippen LogP contribution in [0.2, 0.25) is 0 Å². The topological polar surface area (TPSA) is 105 Å². The maximum Gasteiger partial charge on any atom is 0.416 e. The van der Waals surface area contributed by atoms with Gasteiger partial charge in [-0.3, -0.25) is 0 Å². The third-order valence-electron chi connectivity index (χ3n) is 10.8. The molecule has 0 radical (unpaired) electrons. The van der Waals surface area contributed by atoms with E-state index in [-0.39, 0.29) is 33.7 Å². The van der Waals surface area contributed by atoms with Crippen LogP contribution in [0.15, 0.2) is 91.5 Å². The predicted octanol–water partition coefficient (Wildman–Crippen LogP) is 13.7. The first-order valence-corrected chi connectivity index (χ1v) is 24.0. The van der Waals surface area contributed by atoms with Crippen molar-refractivity contribution >= 4 is 52.1 Å². The van der Waals surface area contributed by atoms with Crippen LogP contribution in [0.25, 0.3) is 0 Å². The minimum atomic E-state index is -5.10. The standard InChI is InChI=1S/2C22H11BrF8O4S/c2*23-14-7-9(22(29,30)31)1-3-12(14)11-5-6-34-15-8-10(2-4-13(11)15)36(32,33)35-21-19(27)17(25)16(24)18(26)20(21)28/h2*1-4,7-8,11H,5-6H2/t2*11-/m10/s1. The smallest absolute Gasteiger partial charge is 0.416 e. The summed E-state index contributed by atoms with van der Waals surface area (Å²) in [5, 5.41) is 0. The minimum Gasteiger partial charge on any atom is -0.493 e. The molecule has 0 saturated carbocycles. The number of halogens is 18. The van der Waals surface area contributed by atoms with Crippen LogP contribution in [0.1, 0.15) is 58.1 Å². The van der Waals surface area contributed by atoms with Crippen molar-refractivity contribution in [3.05, 3.63) is 173 Å². The van der Waals surface area contributed by atoms with E-state index in [4.69, 9.17) is 9.47 Å². The van der Waals surface area contributed by atoms with Gasteiger partial charge in [-0.25, -0.2) is 26.3 Å². The van der Waals surface area contributed by atoms with Gasteiger partial charge in [0.25, 0.3) is 0 Å². The fourth-order valence-electron chi connectivity index (χ4n) is 7.30. The molecule has 28 heteroatoms. The molecule has 6 aromatic carbocycles. The molecule has 8 rings (SSSR count). The van der Waals surface area contributed by atoms with Gasteiger partial charge in [0.1, 0.15) is 21.3 Å². The SMILES string of the molecule is O=S(=O)(Oc1c(F)c(F)c(F)c(F)c1F)c1ccc2c(c1)OCC[C@@H]2c1ccc(C(F)(F)F)cc1Br.O=S(=O)(Oc1c(F)c(F)c(F)c(F)c1F)c1ccc2c(c1)OCC[C@H]2c1ccc(C(F)(F)F)cc1Br. The van der Waals surface area contributed by atoms with Crippen LogP contribution in [0.3, 0.4) is 0 Å². The van der Waals surface area contributed by atoms with Gasteiger partial charge < -0.3 is 17.8 Å². The second-order valence-corrected chi connectivity index (χ2v) is 19.9. The molecule has 2 aliphatic rings. The number of fused-ring (bicyclic) bond motifs is 2. The molecular weight excluding hydrogens is 1180 g/mol. The van der Waals surface area contributed by atoms with E-state index in [2.05, 4.69) is 40.2 Å². The number of benzene rings is 6. The summed E-state index contributed by atoms with van der Waals surface area (Å²) in [6.07, 6.45) is -8.48. The number of ether oxygens (including phenoxy) is 2. The molecule has 0 fully saturated rings. The molecule has 72 heavy (non-hydrogen) atoms. The largest absolute Gasteiger partial charge is 0.493 e. The van der Waals surface area contributed by atoms with E-state index in [9.17, 15) is 87.1 Å². The molecule has 0 aromatic heterocycles. The van der Waals surface area contributed by atoms with Gasteiger partial charge in [-0.2, -0.15) is 60.7 Å². The molecule has 6 aromatic rings. The maximum atomic E-state index is 13.9. The van der Waals surface area contributed by atoms with E-state index in [1.807, 2.05) is 0 Å². The highest BCUT2D eigenvalue weighted by atomic mass is 79.9. The monoisotopic (exact) mass is 1200 g/mol. The van der Waals surface area contributed by atoms with Gasteiger partial charge in [-0.1, -0.05) is 56.1 Å². The van der Waals surface area contributed by atoms with Gasteiger partial charge >= 0.3 is 32.6 Å². The lowest BCUT2D eigenvalue weighted by Gasteiger charge is -2.27. The van der Waals surface area contributed by atoms with Crippen LogP contribution in [0.5, 0.6) is 23.0 Å². The second kappa shape index (κ2) is 19.9. The van der Waals surface area contributed by atoms with Gasteiger partial charge in [0, 0.05) is 44.0 Å². The van der Waals surface area contributed by atoms with Gasteiger partial charge in [0.05, 0.1) is 24.3 Å². The summed E-state index contributed by atoms with van der Waals surface area (Å²) in [7, 11) is -10.2. The zero-order chi connectivity index (χ0) is 53.2. The van der Waals surface area contributed by atoms with Crippen molar-refractivity contribution in [3.8, 4) is 23.0 Å².